The van der Waals surface area contributed by atoms with Gasteiger partial charge in [-0.25, -0.2) is 9.59 Å². The van der Waals surface area contributed by atoms with E-state index in [1.165, 1.54) is 0 Å². The van der Waals surface area contributed by atoms with Crippen LogP contribution >= 0.6 is 0 Å². The highest BCUT2D eigenvalue weighted by Gasteiger charge is 2.33. The highest BCUT2D eigenvalue weighted by atomic mass is 16.5. The quantitative estimate of drug-likeness (QED) is 0.624. The number of carbonyl (C=O) groups is 2. The number of amides is 2. The fourth-order valence-electron chi connectivity index (χ4n) is 2.41. The van der Waals surface area contributed by atoms with Crippen LogP contribution in [-0.4, -0.2) is 25.2 Å². The van der Waals surface area contributed by atoms with E-state index >= 15 is 0 Å². The Morgan fingerprint density at radius 3 is 2.83 bits per heavy atom. The molecule has 1 heterocycles. The lowest BCUT2D eigenvalue weighted by Gasteiger charge is -2.29. The van der Waals surface area contributed by atoms with Crippen molar-refractivity contribution in [1.82, 2.24) is 10.6 Å². The number of hydrogen-bond donors (Lipinski definition) is 2. The Morgan fingerprint density at radius 1 is 1.39 bits per heavy atom. The normalized spacial score (nSPS) is 17.1. The molecular weight excluding hydrogens is 296 g/mol. The summed E-state index contributed by atoms with van der Waals surface area (Å²) >= 11 is 0. The molecule has 2 N–H and O–H groups in total. The van der Waals surface area contributed by atoms with Gasteiger partial charge in [-0.1, -0.05) is 30.9 Å². The molecule has 2 rings (SSSR count). The van der Waals surface area contributed by atoms with Crippen LogP contribution in [0.5, 0.6) is 5.75 Å². The molecule has 0 aliphatic carbocycles. The molecule has 6 heteroatoms. The lowest BCUT2D eigenvalue weighted by atomic mass is 9.95. The minimum absolute atomic E-state index is 0.255. The molecule has 1 aromatic carbocycles. The topological polar surface area (TPSA) is 76.7 Å². The first-order chi connectivity index (χ1) is 11.1. The average Bonchev–Trinajstić information content (AvgIpc) is 2.52. The molecule has 0 saturated heterocycles. The third kappa shape index (κ3) is 3.71. The molecule has 0 spiro atoms. The number of para-hydroxylation sites is 1. The fourth-order valence-corrected chi connectivity index (χ4v) is 2.41. The molecule has 1 aliphatic heterocycles. The van der Waals surface area contributed by atoms with Crippen LogP contribution in [0.4, 0.5) is 4.79 Å². The predicted molar refractivity (Wildman–Crippen MR) is 85.9 cm³/mol. The van der Waals surface area contributed by atoms with E-state index in [0.29, 0.717) is 29.2 Å². The molecule has 1 aliphatic rings. The van der Waals surface area contributed by atoms with Crippen molar-refractivity contribution in [1.29, 1.82) is 0 Å². The van der Waals surface area contributed by atoms with Crippen molar-refractivity contribution in [3.8, 4) is 5.75 Å². The monoisotopic (exact) mass is 316 g/mol. The smallest absolute Gasteiger partial charge is 0.338 e. The summed E-state index contributed by atoms with van der Waals surface area (Å²) in [6, 6.07) is 6.23. The van der Waals surface area contributed by atoms with E-state index in [0.717, 1.165) is 0 Å². The lowest BCUT2D eigenvalue weighted by molar-refractivity contribution is -0.139. The van der Waals surface area contributed by atoms with E-state index in [9.17, 15) is 9.59 Å². The van der Waals surface area contributed by atoms with Crippen LogP contribution < -0.4 is 15.4 Å². The number of hydrogen-bond acceptors (Lipinski definition) is 4. The number of allylic oxidation sites excluding steroid dienone is 1. The van der Waals surface area contributed by atoms with Crippen molar-refractivity contribution in [2.45, 2.75) is 19.9 Å². The number of rotatable bonds is 6. The Kier molecular flexibility index (Phi) is 5.41. The minimum Gasteiger partial charge on any atom is -0.489 e. The molecule has 0 saturated carbocycles. The second-order valence-corrected chi connectivity index (χ2v) is 4.93. The summed E-state index contributed by atoms with van der Waals surface area (Å²) in [7, 11) is 0. The summed E-state index contributed by atoms with van der Waals surface area (Å²) in [4.78, 5) is 24.1. The van der Waals surface area contributed by atoms with Gasteiger partial charge in [0, 0.05) is 11.3 Å². The van der Waals surface area contributed by atoms with E-state index < -0.39 is 12.0 Å². The SMILES string of the molecule is C=CCOc1ccccc1C1NC(=O)NC(C)=C1C(=O)OCC. The van der Waals surface area contributed by atoms with Gasteiger partial charge < -0.3 is 20.1 Å². The van der Waals surface area contributed by atoms with Crippen molar-refractivity contribution in [2.24, 2.45) is 0 Å². The van der Waals surface area contributed by atoms with Gasteiger partial charge in [-0.05, 0) is 19.9 Å². The zero-order chi connectivity index (χ0) is 16.8. The number of carbonyl (C=O) groups excluding carboxylic acids is 2. The van der Waals surface area contributed by atoms with Gasteiger partial charge in [-0.2, -0.15) is 0 Å². The van der Waals surface area contributed by atoms with Gasteiger partial charge in [-0.15, -0.1) is 0 Å². The molecule has 0 fully saturated rings. The molecule has 6 nitrogen and oxygen atoms in total. The fraction of sp³-hybridized carbons (Fsp3) is 0.294. The summed E-state index contributed by atoms with van der Waals surface area (Å²) < 4.78 is 10.7. The lowest BCUT2D eigenvalue weighted by Crippen LogP contribution is -2.45. The molecular formula is C17H20N2O4. The first-order valence-corrected chi connectivity index (χ1v) is 7.36. The van der Waals surface area contributed by atoms with Crippen LogP contribution in [0.25, 0.3) is 0 Å². The highest BCUT2D eigenvalue weighted by molar-refractivity contribution is 5.95. The zero-order valence-electron chi connectivity index (χ0n) is 13.2. The number of ether oxygens (including phenoxy) is 2. The largest absolute Gasteiger partial charge is 0.489 e. The molecule has 1 aromatic rings. The molecule has 1 unspecified atom stereocenters. The summed E-state index contributed by atoms with van der Waals surface area (Å²) in [6.07, 6.45) is 1.63. The molecule has 122 valence electrons. The van der Waals surface area contributed by atoms with E-state index in [1.807, 2.05) is 12.1 Å². The molecule has 0 radical (unpaired) electrons. The van der Waals surface area contributed by atoms with Gasteiger partial charge in [0.1, 0.15) is 12.4 Å². The van der Waals surface area contributed by atoms with Gasteiger partial charge >= 0.3 is 12.0 Å². The Balaban J connectivity index is 2.46. The molecule has 23 heavy (non-hydrogen) atoms. The number of esters is 1. The zero-order valence-corrected chi connectivity index (χ0v) is 13.2. The molecule has 0 bridgehead atoms. The first-order valence-electron chi connectivity index (χ1n) is 7.36. The van der Waals surface area contributed by atoms with Gasteiger partial charge in [0.2, 0.25) is 0 Å². The second kappa shape index (κ2) is 7.49. The third-order valence-corrected chi connectivity index (χ3v) is 3.35. The highest BCUT2D eigenvalue weighted by Crippen LogP contribution is 2.33. The van der Waals surface area contributed by atoms with E-state index in [2.05, 4.69) is 17.2 Å². The van der Waals surface area contributed by atoms with E-state index in [1.54, 1.807) is 32.1 Å². The first kappa shape index (κ1) is 16.6. The van der Waals surface area contributed by atoms with E-state index in [4.69, 9.17) is 9.47 Å². The van der Waals surface area contributed by atoms with Crippen LogP contribution in [-0.2, 0) is 9.53 Å². The molecule has 2 amide bonds. The minimum atomic E-state index is -0.635. The van der Waals surface area contributed by atoms with Crippen LogP contribution in [0.2, 0.25) is 0 Å². The number of nitrogens with one attached hydrogen (secondary N) is 2. The maximum absolute atomic E-state index is 12.3. The van der Waals surface area contributed by atoms with Crippen molar-refractivity contribution >= 4 is 12.0 Å². The Bertz CT molecular complexity index is 652. The second-order valence-electron chi connectivity index (χ2n) is 4.93. The summed E-state index contributed by atoms with van der Waals surface area (Å²) in [5.74, 6) is 0.107. The maximum Gasteiger partial charge on any atom is 0.338 e. The van der Waals surface area contributed by atoms with Crippen molar-refractivity contribution in [2.75, 3.05) is 13.2 Å². The Labute approximate surface area is 135 Å². The molecule has 1 atom stereocenters. The number of urea groups is 1. The van der Waals surface area contributed by atoms with Crippen molar-refractivity contribution in [3.63, 3.8) is 0 Å². The van der Waals surface area contributed by atoms with E-state index in [-0.39, 0.29) is 12.6 Å². The van der Waals surface area contributed by atoms with Crippen molar-refractivity contribution in [3.05, 3.63) is 53.8 Å². The summed E-state index contributed by atoms with van der Waals surface area (Å²) in [5, 5.41) is 5.36. The van der Waals surface area contributed by atoms with Crippen LogP contribution in [0.1, 0.15) is 25.5 Å². The van der Waals surface area contributed by atoms with Gasteiger partial charge in [0.25, 0.3) is 0 Å². The standard InChI is InChI=1S/C17H20N2O4/c1-4-10-23-13-9-7-6-8-12(13)15-14(16(20)22-5-2)11(3)18-17(21)19-15/h4,6-9,15H,1,5,10H2,2-3H3,(H2,18,19,21). The number of benzene rings is 1. The Morgan fingerprint density at radius 2 is 2.13 bits per heavy atom. The van der Waals surface area contributed by atoms with Gasteiger partial charge in [-0.3, -0.25) is 0 Å². The summed E-state index contributed by atoms with van der Waals surface area (Å²) in [6.45, 7) is 7.61. The molecule has 0 aromatic heterocycles. The maximum atomic E-state index is 12.3. The van der Waals surface area contributed by atoms with Crippen molar-refractivity contribution < 1.29 is 19.1 Å². The predicted octanol–water partition coefficient (Wildman–Crippen LogP) is 2.44. The Hall–Kier alpha value is -2.76. The van der Waals surface area contributed by atoms with Crippen LogP contribution in [0.15, 0.2) is 48.2 Å². The van der Waals surface area contributed by atoms with Crippen LogP contribution in [0, 0.1) is 0 Å². The van der Waals surface area contributed by atoms with Gasteiger partial charge in [0.05, 0.1) is 18.2 Å². The van der Waals surface area contributed by atoms with Crippen LogP contribution in [0.3, 0.4) is 0 Å². The third-order valence-electron chi connectivity index (χ3n) is 3.35. The van der Waals surface area contributed by atoms with Gasteiger partial charge in [0.15, 0.2) is 0 Å². The average molecular weight is 316 g/mol. The summed E-state index contributed by atoms with van der Waals surface area (Å²) in [5.41, 5.74) is 1.52.